The fourth-order valence-corrected chi connectivity index (χ4v) is 2.54. The summed E-state index contributed by atoms with van der Waals surface area (Å²) in [5.41, 5.74) is 6.08. The highest BCUT2D eigenvalue weighted by Gasteiger charge is 2.21. The van der Waals surface area contributed by atoms with E-state index in [2.05, 4.69) is 10.1 Å². The second-order valence-corrected chi connectivity index (χ2v) is 5.33. The molecule has 3 N–H and O–H groups in total. The van der Waals surface area contributed by atoms with Gasteiger partial charge in [-0.2, -0.15) is 8.78 Å². The fraction of sp³-hybridized carbons (Fsp3) is 0.533. The molecule has 0 aliphatic heterocycles. The van der Waals surface area contributed by atoms with Crippen LogP contribution >= 0.6 is 12.4 Å². The average Bonchev–Trinajstić information content (AvgIpc) is 2.49. The van der Waals surface area contributed by atoms with Gasteiger partial charge in [-0.05, 0) is 43.9 Å². The summed E-state index contributed by atoms with van der Waals surface area (Å²) in [6, 6.07) is 4.47. The summed E-state index contributed by atoms with van der Waals surface area (Å²) in [5.74, 6) is -0.321. The van der Waals surface area contributed by atoms with Crippen molar-refractivity contribution in [3.8, 4) is 11.5 Å². The molecule has 0 atom stereocenters. The maximum absolute atomic E-state index is 12.4. The number of hydrogen-bond acceptors (Lipinski definition) is 4. The first-order valence-electron chi connectivity index (χ1n) is 7.19. The van der Waals surface area contributed by atoms with Crippen molar-refractivity contribution in [1.29, 1.82) is 0 Å². The van der Waals surface area contributed by atoms with Crippen molar-refractivity contribution in [1.82, 2.24) is 5.32 Å². The minimum atomic E-state index is -2.98. The smallest absolute Gasteiger partial charge is 0.387 e. The molecule has 1 aliphatic rings. The Kier molecular flexibility index (Phi) is 7.51. The first-order chi connectivity index (χ1) is 10.5. The molecule has 23 heavy (non-hydrogen) atoms. The van der Waals surface area contributed by atoms with Crippen LogP contribution in [0.1, 0.15) is 36.0 Å². The van der Waals surface area contributed by atoms with Crippen molar-refractivity contribution in [3.63, 3.8) is 0 Å². The van der Waals surface area contributed by atoms with E-state index in [1.807, 2.05) is 0 Å². The van der Waals surface area contributed by atoms with Crippen molar-refractivity contribution in [2.24, 2.45) is 5.73 Å². The summed E-state index contributed by atoms with van der Waals surface area (Å²) in [7, 11) is 1.35. The lowest BCUT2D eigenvalue weighted by Crippen LogP contribution is -2.40. The van der Waals surface area contributed by atoms with E-state index in [1.165, 1.54) is 25.3 Å². The summed E-state index contributed by atoms with van der Waals surface area (Å²) < 4.78 is 34.1. The topological polar surface area (TPSA) is 73.6 Å². The Morgan fingerprint density at radius 3 is 2.48 bits per heavy atom. The molecular weight excluding hydrogens is 330 g/mol. The zero-order valence-electron chi connectivity index (χ0n) is 12.8. The predicted molar refractivity (Wildman–Crippen MR) is 84.6 cm³/mol. The van der Waals surface area contributed by atoms with Gasteiger partial charge in [-0.15, -0.1) is 12.4 Å². The Balaban J connectivity index is 0.00000264. The number of methoxy groups -OCH3 is 1. The number of amides is 1. The Labute approximate surface area is 139 Å². The molecule has 1 saturated carbocycles. The third kappa shape index (κ3) is 5.51. The molecule has 130 valence electrons. The van der Waals surface area contributed by atoms with Gasteiger partial charge in [0.25, 0.3) is 5.91 Å². The molecule has 2 rings (SSSR count). The molecule has 0 heterocycles. The van der Waals surface area contributed by atoms with Crippen molar-refractivity contribution in [2.45, 2.75) is 44.4 Å². The zero-order chi connectivity index (χ0) is 16.1. The molecule has 0 unspecified atom stereocenters. The van der Waals surface area contributed by atoms with Crippen LogP contribution in [0.3, 0.4) is 0 Å². The van der Waals surface area contributed by atoms with Crippen LogP contribution in [0.25, 0.3) is 0 Å². The number of nitrogens with one attached hydrogen (secondary N) is 1. The first-order valence-corrected chi connectivity index (χ1v) is 7.19. The number of ether oxygens (including phenoxy) is 2. The highest BCUT2D eigenvalue weighted by molar-refractivity contribution is 5.95. The second kappa shape index (κ2) is 8.88. The monoisotopic (exact) mass is 350 g/mol. The zero-order valence-corrected chi connectivity index (χ0v) is 13.6. The predicted octanol–water partition coefficient (Wildman–Crippen LogP) is 2.72. The van der Waals surface area contributed by atoms with Crippen LogP contribution in [0.2, 0.25) is 0 Å². The normalized spacial score (nSPS) is 20.6. The van der Waals surface area contributed by atoms with E-state index in [4.69, 9.17) is 10.5 Å². The molecular formula is C15H21ClF2N2O3. The molecule has 0 radical (unpaired) electrons. The Morgan fingerprint density at radius 1 is 1.26 bits per heavy atom. The molecule has 1 fully saturated rings. The number of nitrogens with two attached hydrogens (primary N) is 1. The summed E-state index contributed by atoms with van der Waals surface area (Å²) in [5, 5.41) is 2.90. The van der Waals surface area contributed by atoms with Crippen LogP contribution in [0.15, 0.2) is 18.2 Å². The molecule has 1 aromatic carbocycles. The van der Waals surface area contributed by atoms with E-state index in [0.29, 0.717) is 0 Å². The first kappa shape index (κ1) is 19.4. The van der Waals surface area contributed by atoms with Crippen molar-refractivity contribution >= 4 is 18.3 Å². The molecule has 1 amide bonds. The lowest BCUT2D eigenvalue weighted by atomic mass is 9.91. The van der Waals surface area contributed by atoms with Crippen LogP contribution in [-0.2, 0) is 0 Å². The third-order valence-electron chi connectivity index (χ3n) is 3.75. The molecule has 1 aliphatic carbocycles. The van der Waals surface area contributed by atoms with Gasteiger partial charge in [-0.1, -0.05) is 0 Å². The maximum Gasteiger partial charge on any atom is 0.387 e. The van der Waals surface area contributed by atoms with Crippen LogP contribution in [0, 0.1) is 0 Å². The van der Waals surface area contributed by atoms with Crippen molar-refractivity contribution in [2.75, 3.05) is 7.11 Å². The molecule has 0 aromatic heterocycles. The minimum Gasteiger partial charge on any atom is -0.493 e. The van der Waals surface area contributed by atoms with Gasteiger partial charge in [0.2, 0.25) is 0 Å². The summed E-state index contributed by atoms with van der Waals surface area (Å²) >= 11 is 0. The van der Waals surface area contributed by atoms with Gasteiger partial charge in [0, 0.05) is 17.6 Å². The second-order valence-electron chi connectivity index (χ2n) is 5.33. The van der Waals surface area contributed by atoms with E-state index < -0.39 is 6.61 Å². The lowest BCUT2D eigenvalue weighted by molar-refractivity contribution is -0.0512. The number of rotatable bonds is 5. The highest BCUT2D eigenvalue weighted by atomic mass is 35.5. The van der Waals surface area contributed by atoms with Gasteiger partial charge in [0.15, 0.2) is 11.5 Å². The van der Waals surface area contributed by atoms with E-state index in [-0.39, 0.29) is 47.5 Å². The quantitative estimate of drug-likeness (QED) is 0.856. The van der Waals surface area contributed by atoms with Crippen LogP contribution in [0.5, 0.6) is 11.5 Å². The summed E-state index contributed by atoms with van der Waals surface area (Å²) in [4.78, 5) is 12.2. The summed E-state index contributed by atoms with van der Waals surface area (Å²) in [6.07, 6.45) is 3.38. The van der Waals surface area contributed by atoms with Gasteiger partial charge in [-0.25, -0.2) is 0 Å². The van der Waals surface area contributed by atoms with Crippen molar-refractivity contribution < 1.29 is 23.0 Å². The summed E-state index contributed by atoms with van der Waals surface area (Å²) in [6.45, 7) is -2.98. The van der Waals surface area contributed by atoms with Gasteiger partial charge in [0.05, 0.1) is 7.11 Å². The van der Waals surface area contributed by atoms with E-state index >= 15 is 0 Å². The third-order valence-corrected chi connectivity index (χ3v) is 3.75. The lowest BCUT2D eigenvalue weighted by Gasteiger charge is -2.26. The van der Waals surface area contributed by atoms with Gasteiger partial charge in [-0.3, -0.25) is 4.79 Å². The van der Waals surface area contributed by atoms with Gasteiger partial charge >= 0.3 is 6.61 Å². The number of benzene rings is 1. The molecule has 5 nitrogen and oxygen atoms in total. The van der Waals surface area contributed by atoms with Gasteiger partial charge in [0.1, 0.15) is 0 Å². The minimum absolute atomic E-state index is 0. The molecule has 8 heteroatoms. The maximum atomic E-state index is 12.4. The highest BCUT2D eigenvalue weighted by Crippen LogP contribution is 2.29. The number of halogens is 3. The number of carbonyl (C=O) groups is 1. The Bertz CT molecular complexity index is 523. The van der Waals surface area contributed by atoms with E-state index in [1.54, 1.807) is 0 Å². The molecule has 0 bridgehead atoms. The van der Waals surface area contributed by atoms with Crippen molar-refractivity contribution in [3.05, 3.63) is 23.8 Å². The molecule has 0 spiro atoms. The van der Waals surface area contributed by atoms with Crippen LogP contribution in [-0.4, -0.2) is 31.7 Å². The number of hydrogen-bond donors (Lipinski definition) is 2. The molecule has 0 saturated heterocycles. The fourth-order valence-electron chi connectivity index (χ4n) is 2.54. The Morgan fingerprint density at radius 2 is 1.91 bits per heavy atom. The van der Waals surface area contributed by atoms with Crippen LogP contribution in [0.4, 0.5) is 8.78 Å². The van der Waals surface area contributed by atoms with E-state index in [9.17, 15) is 13.6 Å². The van der Waals surface area contributed by atoms with E-state index in [0.717, 1.165) is 25.7 Å². The average molecular weight is 351 g/mol. The van der Waals surface area contributed by atoms with Gasteiger partial charge < -0.3 is 20.5 Å². The molecule has 1 aromatic rings. The number of alkyl halides is 2. The van der Waals surface area contributed by atoms with Crippen LogP contribution < -0.4 is 20.5 Å². The Hall–Kier alpha value is -1.60. The largest absolute Gasteiger partial charge is 0.493 e. The number of carbonyl (C=O) groups excluding carboxylic acids is 1. The SMILES string of the molecule is COc1ccc(C(=O)NC2CCC(N)CC2)cc1OC(F)F.Cl. The standard InChI is InChI=1S/C15H20F2N2O3.ClH/c1-21-12-7-2-9(8-13(12)22-15(16)17)14(20)19-11-5-3-10(18)4-6-11;/h2,7-8,10-11,15H,3-6,18H2,1H3,(H,19,20);1H.